The Hall–Kier alpha value is -0.860. The molecule has 17 heavy (non-hydrogen) atoms. The third-order valence-corrected chi connectivity index (χ3v) is 3.60. The minimum atomic E-state index is -0.577. The number of aryl methyl sites for hydroxylation is 2. The third-order valence-electron chi connectivity index (χ3n) is 3.60. The number of aliphatic hydroxyl groups is 1. The zero-order chi connectivity index (χ0) is 13.1. The highest BCUT2D eigenvalue weighted by Crippen LogP contribution is 2.32. The number of hydrogen-bond donors (Lipinski definition) is 1. The molecule has 0 saturated heterocycles. The molecule has 1 rings (SSSR count). The Bertz CT molecular complexity index is 373. The number of rotatable bonds is 5. The molecule has 96 valence electrons. The summed E-state index contributed by atoms with van der Waals surface area (Å²) in [6, 6.07) is 6.09. The molecule has 0 aliphatic carbocycles. The van der Waals surface area contributed by atoms with Gasteiger partial charge in [-0.2, -0.15) is 0 Å². The first-order valence-electron chi connectivity index (χ1n) is 6.33. The molecule has 2 unspecified atom stereocenters. The number of ether oxygens (including phenoxy) is 1. The van der Waals surface area contributed by atoms with Crippen LogP contribution in [0.25, 0.3) is 0 Å². The second-order valence-electron chi connectivity index (χ2n) is 4.85. The van der Waals surface area contributed by atoms with Crippen LogP contribution in [0.3, 0.4) is 0 Å². The summed E-state index contributed by atoms with van der Waals surface area (Å²) < 4.78 is 5.71. The molecule has 0 spiro atoms. The van der Waals surface area contributed by atoms with Crippen LogP contribution in [0.5, 0.6) is 0 Å². The van der Waals surface area contributed by atoms with Crippen LogP contribution in [0.1, 0.15) is 50.0 Å². The summed E-state index contributed by atoms with van der Waals surface area (Å²) in [4.78, 5) is 0. The van der Waals surface area contributed by atoms with Crippen LogP contribution >= 0.6 is 0 Å². The lowest BCUT2D eigenvalue weighted by atomic mass is 9.89. The summed E-state index contributed by atoms with van der Waals surface area (Å²) in [6.07, 6.45) is 0.210. The molecule has 2 heteroatoms. The number of aliphatic hydroxyl groups excluding tert-OH is 1. The zero-order valence-corrected chi connectivity index (χ0v) is 11.6. The summed E-state index contributed by atoms with van der Waals surface area (Å²) in [7, 11) is 0. The highest BCUT2D eigenvalue weighted by Gasteiger charge is 2.33. The molecule has 1 N–H and O–H groups in total. The first-order valence-corrected chi connectivity index (χ1v) is 6.33. The van der Waals surface area contributed by atoms with Gasteiger partial charge >= 0.3 is 0 Å². The maximum absolute atomic E-state index is 10.5. The van der Waals surface area contributed by atoms with E-state index in [9.17, 15) is 5.11 Å². The first-order chi connectivity index (χ1) is 7.94. The van der Waals surface area contributed by atoms with Gasteiger partial charge in [-0.05, 0) is 50.8 Å². The largest absolute Gasteiger partial charge is 0.385 e. The summed E-state index contributed by atoms with van der Waals surface area (Å²) in [5, 5.41) is 10.5. The van der Waals surface area contributed by atoms with Crippen molar-refractivity contribution >= 4 is 0 Å². The quantitative estimate of drug-likeness (QED) is 0.847. The highest BCUT2D eigenvalue weighted by molar-refractivity contribution is 5.32. The van der Waals surface area contributed by atoms with E-state index in [1.165, 1.54) is 11.1 Å². The van der Waals surface area contributed by atoms with Crippen LogP contribution in [-0.4, -0.2) is 17.3 Å². The predicted molar refractivity (Wildman–Crippen MR) is 71.2 cm³/mol. The maximum atomic E-state index is 10.5. The van der Waals surface area contributed by atoms with E-state index in [1.807, 2.05) is 32.9 Å². The smallest absolute Gasteiger partial charge is 0.108 e. The third kappa shape index (κ3) is 3.08. The van der Waals surface area contributed by atoms with Crippen LogP contribution in [0.4, 0.5) is 0 Å². The standard InChI is InChI=1S/C15H24O2/c1-6-15(5,17-7-2)14(16)13-9-8-11(3)12(4)10-13/h8-10,14,16H,6-7H2,1-5H3. The van der Waals surface area contributed by atoms with Gasteiger partial charge in [0.1, 0.15) is 6.10 Å². The average molecular weight is 236 g/mol. The molecule has 0 aliphatic rings. The minimum Gasteiger partial charge on any atom is -0.385 e. The van der Waals surface area contributed by atoms with E-state index in [-0.39, 0.29) is 0 Å². The van der Waals surface area contributed by atoms with Gasteiger partial charge in [0.05, 0.1) is 5.60 Å². The Labute approximate surface area is 105 Å². The molecule has 0 bridgehead atoms. The molecule has 0 saturated carbocycles. The Morgan fingerprint density at radius 2 is 1.88 bits per heavy atom. The molecular formula is C15H24O2. The van der Waals surface area contributed by atoms with Crippen LogP contribution in [-0.2, 0) is 4.74 Å². The maximum Gasteiger partial charge on any atom is 0.108 e. The van der Waals surface area contributed by atoms with Crippen molar-refractivity contribution in [3.63, 3.8) is 0 Å². The predicted octanol–water partition coefficient (Wildman–Crippen LogP) is 3.54. The van der Waals surface area contributed by atoms with E-state index in [1.54, 1.807) is 0 Å². The molecular weight excluding hydrogens is 212 g/mol. The van der Waals surface area contributed by atoms with Gasteiger partial charge in [-0.3, -0.25) is 0 Å². The lowest BCUT2D eigenvalue weighted by Crippen LogP contribution is -2.35. The van der Waals surface area contributed by atoms with Crippen molar-refractivity contribution in [3.05, 3.63) is 34.9 Å². The zero-order valence-electron chi connectivity index (χ0n) is 11.6. The van der Waals surface area contributed by atoms with Gasteiger partial charge in [0.15, 0.2) is 0 Å². The molecule has 0 aliphatic heterocycles. The second kappa shape index (κ2) is 5.65. The summed E-state index contributed by atoms with van der Waals surface area (Å²) >= 11 is 0. The SMILES string of the molecule is CCOC(C)(CC)C(O)c1ccc(C)c(C)c1. The van der Waals surface area contributed by atoms with Gasteiger partial charge in [-0.1, -0.05) is 25.1 Å². The van der Waals surface area contributed by atoms with Crippen LogP contribution in [0.2, 0.25) is 0 Å². The van der Waals surface area contributed by atoms with Crippen LogP contribution in [0.15, 0.2) is 18.2 Å². The van der Waals surface area contributed by atoms with Crippen LogP contribution < -0.4 is 0 Å². The van der Waals surface area contributed by atoms with E-state index in [2.05, 4.69) is 19.9 Å². The highest BCUT2D eigenvalue weighted by atomic mass is 16.5. The minimum absolute atomic E-state index is 0.504. The molecule has 1 aromatic carbocycles. The van der Waals surface area contributed by atoms with Crippen molar-refractivity contribution in [1.29, 1.82) is 0 Å². The van der Waals surface area contributed by atoms with Crippen LogP contribution in [0, 0.1) is 13.8 Å². The number of benzene rings is 1. The van der Waals surface area contributed by atoms with Gasteiger partial charge in [-0.25, -0.2) is 0 Å². The number of hydrogen-bond acceptors (Lipinski definition) is 2. The summed E-state index contributed by atoms with van der Waals surface area (Å²) in [5.41, 5.74) is 2.88. The summed E-state index contributed by atoms with van der Waals surface area (Å²) in [5.74, 6) is 0. The van der Waals surface area contributed by atoms with Crippen molar-refractivity contribution in [2.75, 3.05) is 6.61 Å². The van der Waals surface area contributed by atoms with Crippen molar-refractivity contribution in [3.8, 4) is 0 Å². The van der Waals surface area contributed by atoms with Gasteiger partial charge in [-0.15, -0.1) is 0 Å². The average Bonchev–Trinajstić information content (AvgIpc) is 2.32. The normalized spacial score (nSPS) is 16.6. The van der Waals surface area contributed by atoms with Crippen molar-refractivity contribution in [2.45, 2.75) is 52.7 Å². The fraction of sp³-hybridized carbons (Fsp3) is 0.600. The van der Waals surface area contributed by atoms with Crippen molar-refractivity contribution in [2.24, 2.45) is 0 Å². The topological polar surface area (TPSA) is 29.5 Å². The lowest BCUT2D eigenvalue weighted by molar-refractivity contribution is -0.113. The molecule has 1 aromatic rings. The van der Waals surface area contributed by atoms with Gasteiger partial charge in [0, 0.05) is 6.61 Å². The van der Waals surface area contributed by atoms with E-state index >= 15 is 0 Å². The molecule has 0 radical (unpaired) electrons. The van der Waals surface area contributed by atoms with Gasteiger partial charge in [0.2, 0.25) is 0 Å². The monoisotopic (exact) mass is 236 g/mol. The Morgan fingerprint density at radius 1 is 1.24 bits per heavy atom. The fourth-order valence-electron chi connectivity index (χ4n) is 1.99. The Kier molecular flexibility index (Phi) is 4.72. The van der Waals surface area contributed by atoms with Gasteiger partial charge in [0.25, 0.3) is 0 Å². The van der Waals surface area contributed by atoms with E-state index in [4.69, 9.17) is 4.74 Å². The molecule has 2 nitrogen and oxygen atoms in total. The molecule has 0 heterocycles. The van der Waals surface area contributed by atoms with Crippen molar-refractivity contribution < 1.29 is 9.84 Å². The molecule has 0 fully saturated rings. The van der Waals surface area contributed by atoms with Crippen molar-refractivity contribution in [1.82, 2.24) is 0 Å². The molecule has 0 amide bonds. The molecule has 2 atom stereocenters. The van der Waals surface area contributed by atoms with Gasteiger partial charge < -0.3 is 9.84 Å². The van der Waals surface area contributed by atoms with E-state index in [0.717, 1.165) is 12.0 Å². The Balaban J connectivity index is 3.01. The lowest BCUT2D eigenvalue weighted by Gasteiger charge is -2.33. The van der Waals surface area contributed by atoms with E-state index < -0.39 is 11.7 Å². The van der Waals surface area contributed by atoms with E-state index in [0.29, 0.717) is 6.61 Å². The Morgan fingerprint density at radius 3 is 2.35 bits per heavy atom. The molecule has 0 aromatic heterocycles. The first kappa shape index (κ1) is 14.2. The second-order valence-corrected chi connectivity index (χ2v) is 4.85. The fourth-order valence-corrected chi connectivity index (χ4v) is 1.99. The summed E-state index contributed by atoms with van der Waals surface area (Å²) in [6.45, 7) is 10.7.